The van der Waals surface area contributed by atoms with Gasteiger partial charge in [0.05, 0.1) is 0 Å². The van der Waals surface area contributed by atoms with Crippen molar-refractivity contribution in [1.29, 1.82) is 0 Å². The molecule has 0 aliphatic heterocycles. The van der Waals surface area contributed by atoms with Crippen LogP contribution in [0.1, 0.15) is 51.4 Å². The molecule has 0 unspecified atom stereocenters. The Balaban J connectivity index is 2.57. The summed E-state index contributed by atoms with van der Waals surface area (Å²) in [6.07, 6.45) is 3.41. The standard InChI is InChI=1S/C17H27N3O3/c1-12(2)10-14(20-16(22)23-17(3,4)5)11-19-15(21)13-6-8-18-9-7-13/h6-9,12,14H,10-11H2,1-5H3,(H,19,21)(H,20,22)/t14-/m0/s1. The van der Waals surface area contributed by atoms with Crippen LogP contribution in [0.25, 0.3) is 0 Å². The fourth-order valence-electron chi connectivity index (χ4n) is 2.06. The Morgan fingerprint density at radius 1 is 1.22 bits per heavy atom. The first kappa shape index (κ1) is 18.9. The number of pyridine rings is 1. The van der Waals surface area contributed by atoms with Crippen molar-refractivity contribution in [3.63, 3.8) is 0 Å². The van der Waals surface area contributed by atoms with Gasteiger partial charge in [0, 0.05) is 30.5 Å². The van der Waals surface area contributed by atoms with Gasteiger partial charge in [0.1, 0.15) is 5.60 Å². The molecular formula is C17H27N3O3. The normalized spacial score (nSPS) is 12.6. The van der Waals surface area contributed by atoms with E-state index >= 15 is 0 Å². The van der Waals surface area contributed by atoms with Crippen LogP contribution in [0.4, 0.5) is 4.79 Å². The summed E-state index contributed by atoms with van der Waals surface area (Å²) in [5.74, 6) is 0.194. The maximum absolute atomic E-state index is 12.1. The van der Waals surface area contributed by atoms with E-state index in [0.29, 0.717) is 18.0 Å². The zero-order valence-electron chi connectivity index (χ0n) is 14.6. The Bertz CT molecular complexity index is 510. The van der Waals surface area contributed by atoms with E-state index in [1.54, 1.807) is 24.5 Å². The van der Waals surface area contributed by atoms with Crippen LogP contribution in [0.3, 0.4) is 0 Å². The number of ether oxygens (including phenoxy) is 1. The molecule has 128 valence electrons. The topological polar surface area (TPSA) is 80.3 Å². The third-order valence-corrected chi connectivity index (χ3v) is 2.93. The minimum atomic E-state index is -0.549. The average Bonchev–Trinajstić information content (AvgIpc) is 2.42. The van der Waals surface area contributed by atoms with Gasteiger partial charge in [-0.05, 0) is 45.2 Å². The molecule has 0 spiro atoms. The van der Waals surface area contributed by atoms with Gasteiger partial charge in [-0.3, -0.25) is 9.78 Å². The molecule has 0 fully saturated rings. The summed E-state index contributed by atoms with van der Waals surface area (Å²) in [6.45, 7) is 9.92. The Kier molecular flexibility index (Phi) is 7.00. The molecule has 0 saturated carbocycles. The maximum Gasteiger partial charge on any atom is 0.407 e. The van der Waals surface area contributed by atoms with E-state index in [1.165, 1.54) is 0 Å². The summed E-state index contributed by atoms with van der Waals surface area (Å²) < 4.78 is 5.27. The SMILES string of the molecule is CC(C)C[C@@H](CNC(=O)c1ccncc1)NC(=O)OC(C)(C)C. The predicted octanol–water partition coefficient (Wildman–Crippen LogP) is 2.75. The summed E-state index contributed by atoms with van der Waals surface area (Å²) in [6, 6.07) is 3.11. The highest BCUT2D eigenvalue weighted by molar-refractivity contribution is 5.94. The molecule has 6 nitrogen and oxygen atoms in total. The molecule has 0 saturated heterocycles. The molecule has 23 heavy (non-hydrogen) atoms. The van der Waals surface area contributed by atoms with E-state index in [-0.39, 0.29) is 11.9 Å². The minimum Gasteiger partial charge on any atom is -0.444 e. The van der Waals surface area contributed by atoms with Crippen LogP contribution in [0.2, 0.25) is 0 Å². The lowest BCUT2D eigenvalue weighted by atomic mass is 10.0. The number of nitrogens with one attached hydrogen (secondary N) is 2. The number of hydrogen-bond acceptors (Lipinski definition) is 4. The molecule has 0 bridgehead atoms. The third kappa shape index (κ3) is 8.18. The van der Waals surface area contributed by atoms with E-state index in [2.05, 4.69) is 29.5 Å². The van der Waals surface area contributed by atoms with Gasteiger partial charge in [-0.15, -0.1) is 0 Å². The number of alkyl carbamates (subject to hydrolysis) is 1. The Morgan fingerprint density at radius 2 is 1.83 bits per heavy atom. The van der Waals surface area contributed by atoms with Crippen LogP contribution < -0.4 is 10.6 Å². The van der Waals surface area contributed by atoms with Crippen molar-refractivity contribution >= 4 is 12.0 Å². The summed E-state index contributed by atoms with van der Waals surface area (Å²) >= 11 is 0. The molecular weight excluding hydrogens is 294 g/mol. The second kappa shape index (κ2) is 8.50. The predicted molar refractivity (Wildman–Crippen MR) is 89.2 cm³/mol. The van der Waals surface area contributed by atoms with E-state index in [0.717, 1.165) is 6.42 Å². The van der Waals surface area contributed by atoms with Crippen molar-refractivity contribution in [3.8, 4) is 0 Å². The minimum absolute atomic E-state index is 0.185. The zero-order valence-corrected chi connectivity index (χ0v) is 14.6. The summed E-state index contributed by atoms with van der Waals surface area (Å²) in [5, 5.41) is 5.66. The van der Waals surface area contributed by atoms with Gasteiger partial charge in [0.2, 0.25) is 0 Å². The molecule has 2 N–H and O–H groups in total. The number of amides is 2. The van der Waals surface area contributed by atoms with Crippen LogP contribution in [0, 0.1) is 5.92 Å². The Labute approximate surface area is 138 Å². The van der Waals surface area contributed by atoms with E-state index in [9.17, 15) is 9.59 Å². The lowest BCUT2D eigenvalue weighted by Crippen LogP contribution is -2.46. The molecule has 0 aliphatic carbocycles. The fourth-order valence-corrected chi connectivity index (χ4v) is 2.06. The molecule has 2 amide bonds. The number of rotatable bonds is 6. The van der Waals surface area contributed by atoms with Gasteiger partial charge < -0.3 is 15.4 Å². The maximum atomic E-state index is 12.1. The molecule has 0 aliphatic rings. The summed E-state index contributed by atoms with van der Waals surface area (Å²) in [5.41, 5.74) is -0.00667. The first-order chi connectivity index (χ1) is 10.7. The van der Waals surface area contributed by atoms with E-state index in [4.69, 9.17) is 4.74 Å². The summed E-state index contributed by atoms with van der Waals surface area (Å²) in [4.78, 5) is 27.9. The van der Waals surface area contributed by atoms with E-state index in [1.807, 2.05) is 20.8 Å². The van der Waals surface area contributed by atoms with Crippen molar-refractivity contribution in [2.24, 2.45) is 5.92 Å². The first-order valence-corrected chi connectivity index (χ1v) is 7.85. The molecule has 1 aromatic rings. The van der Waals surface area contributed by atoms with Gasteiger partial charge in [0.15, 0.2) is 0 Å². The van der Waals surface area contributed by atoms with Gasteiger partial charge in [-0.1, -0.05) is 13.8 Å². The van der Waals surface area contributed by atoms with Crippen molar-refractivity contribution in [2.75, 3.05) is 6.54 Å². The largest absolute Gasteiger partial charge is 0.444 e. The number of aromatic nitrogens is 1. The number of hydrogen-bond donors (Lipinski definition) is 2. The summed E-state index contributed by atoms with van der Waals surface area (Å²) in [7, 11) is 0. The van der Waals surface area contributed by atoms with Crippen LogP contribution in [-0.2, 0) is 4.74 Å². The van der Waals surface area contributed by atoms with Crippen molar-refractivity contribution in [2.45, 2.75) is 52.7 Å². The molecule has 1 heterocycles. The number of carbonyl (C=O) groups is 2. The monoisotopic (exact) mass is 321 g/mol. The van der Waals surface area contributed by atoms with Crippen LogP contribution in [0.15, 0.2) is 24.5 Å². The van der Waals surface area contributed by atoms with Gasteiger partial charge in [-0.2, -0.15) is 0 Å². The fraction of sp³-hybridized carbons (Fsp3) is 0.588. The molecule has 1 rings (SSSR count). The van der Waals surface area contributed by atoms with E-state index < -0.39 is 11.7 Å². The Hall–Kier alpha value is -2.11. The highest BCUT2D eigenvalue weighted by atomic mass is 16.6. The van der Waals surface area contributed by atoms with Gasteiger partial charge in [-0.25, -0.2) is 4.79 Å². The second-order valence-electron chi connectivity index (χ2n) is 6.92. The lowest BCUT2D eigenvalue weighted by molar-refractivity contribution is 0.0496. The van der Waals surface area contributed by atoms with Crippen molar-refractivity contribution in [3.05, 3.63) is 30.1 Å². The van der Waals surface area contributed by atoms with Crippen molar-refractivity contribution < 1.29 is 14.3 Å². The highest BCUT2D eigenvalue weighted by Gasteiger charge is 2.20. The average molecular weight is 321 g/mol. The number of nitrogens with zero attached hydrogens (tertiary/aromatic N) is 1. The second-order valence-corrected chi connectivity index (χ2v) is 6.92. The van der Waals surface area contributed by atoms with Gasteiger partial charge >= 0.3 is 6.09 Å². The quantitative estimate of drug-likeness (QED) is 0.844. The highest BCUT2D eigenvalue weighted by Crippen LogP contribution is 2.09. The first-order valence-electron chi connectivity index (χ1n) is 7.85. The lowest BCUT2D eigenvalue weighted by Gasteiger charge is -2.24. The van der Waals surface area contributed by atoms with Crippen LogP contribution in [0.5, 0.6) is 0 Å². The smallest absolute Gasteiger partial charge is 0.407 e. The molecule has 0 radical (unpaired) electrons. The molecule has 6 heteroatoms. The Morgan fingerprint density at radius 3 is 2.35 bits per heavy atom. The van der Waals surface area contributed by atoms with Crippen molar-refractivity contribution in [1.82, 2.24) is 15.6 Å². The van der Waals surface area contributed by atoms with Crippen LogP contribution >= 0.6 is 0 Å². The molecule has 1 atom stereocenters. The molecule has 0 aromatic carbocycles. The third-order valence-electron chi connectivity index (χ3n) is 2.93. The number of carbonyl (C=O) groups excluding carboxylic acids is 2. The van der Waals surface area contributed by atoms with Crippen LogP contribution in [-0.4, -0.2) is 35.2 Å². The van der Waals surface area contributed by atoms with Gasteiger partial charge in [0.25, 0.3) is 5.91 Å². The molecule has 1 aromatic heterocycles. The zero-order chi connectivity index (χ0) is 17.5.